The van der Waals surface area contributed by atoms with Crippen molar-refractivity contribution in [2.24, 2.45) is 0 Å². The van der Waals surface area contributed by atoms with Gasteiger partial charge in [-0.2, -0.15) is 0 Å². The van der Waals surface area contributed by atoms with Crippen molar-refractivity contribution in [2.45, 2.75) is 28.2 Å². The van der Waals surface area contributed by atoms with Crippen LogP contribution in [0.5, 0.6) is 0 Å². The van der Waals surface area contributed by atoms with Crippen LogP contribution in [-0.4, -0.2) is 5.24 Å². The Morgan fingerprint density at radius 3 is 1.71 bits per heavy atom. The lowest BCUT2D eigenvalue weighted by Crippen LogP contribution is -1.74. The van der Waals surface area contributed by atoms with Crippen LogP contribution >= 0.6 is 11.6 Å². The van der Waals surface area contributed by atoms with Crippen molar-refractivity contribution in [3.8, 4) is 0 Å². The highest BCUT2D eigenvalue weighted by molar-refractivity contribution is 6.63. The standard InChI is InChI=1S/C3H5ClO.2CH4/c1-2-3(4)5;;/h2H2,1H3;2*1H4. The van der Waals surface area contributed by atoms with Crippen LogP contribution in [-0.2, 0) is 4.79 Å². The predicted molar refractivity (Wildman–Crippen MR) is 34.6 cm³/mol. The van der Waals surface area contributed by atoms with Crippen LogP contribution in [0.2, 0.25) is 0 Å². The lowest BCUT2D eigenvalue weighted by Gasteiger charge is -1.68. The second-order valence-corrected chi connectivity index (χ2v) is 1.13. The second-order valence-electron chi connectivity index (χ2n) is 0.709. The van der Waals surface area contributed by atoms with Crippen molar-refractivity contribution in [3.05, 3.63) is 0 Å². The lowest BCUT2D eigenvalue weighted by atomic mass is 10.6. The Hall–Kier alpha value is -0.0400. The van der Waals surface area contributed by atoms with Crippen molar-refractivity contribution in [1.29, 1.82) is 0 Å². The summed E-state index contributed by atoms with van der Waals surface area (Å²) in [5, 5.41) is -0.273. The van der Waals surface area contributed by atoms with Gasteiger partial charge in [-0.1, -0.05) is 21.8 Å². The molecule has 0 aromatic carbocycles. The Bertz CT molecular complexity index is 43.3. The average Bonchev–Trinajstić information content (AvgIpc) is 1.38. The first kappa shape index (κ1) is 15.8. The highest BCUT2D eigenvalue weighted by Gasteiger charge is 1.81. The molecule has 0 saturated carbocycles. The lowest BCUT2D eigenvalue weighted by molar-refractivity contribution is -0.111. The molecule has 0 N–H and O–H groups in total. The van der Waals surface area contributed by atoms with E-state index in [2.05, 4.69) is 0 Å². The number of carbonyl (C=O) groups excluding carboxylic acids is 1. The van der Waals surface area contributed by atoms with Crippen molar-refractivity contribution in [1.82, 2.24) is 0 Å². The van der Waals surface area contributed by atoms with E-state index >= 15 is 0 Å². The van der Waals surface area contributed by atoms with Gasteiger partial charge in [-0.25, -0.2) is 0 Å². The third-order valence-electron chi connectivity index (χ3n) is 0.278. The molecule has 0 radical (unpaired) electrons. The number of hydrogen-bond acceptors (Lipinski definition) is 1. The van der Waals surface area contributed by atoms with Gasteiger partial charge >= 0.3 is 0 Å². The summed E-state index contributed by atoms with van der Waals surface area (Å²) in [6.07, 6.45) is 0.432. The van der Waals surface area contributed by atoms with Crippen molar-refractivity contribution >= 4 is 16.8 Å². The molecule has 0 fully saturated rings. The maximum Gasteiger partial charge on any atom is 0.221 e. The summed E-state index contributed by atoms with van der Waals surface area (Å²) in [5.74, 6) is 0. The van der Waals surface area contributed by atoms with Crippen molar-refractivity contribution in [2.75, 3.05) is 0 Å². The monoisotopic (exact) mass is 124 g/mol. The molecule has 0 aromatic rings. The van der Waals surface area contributed by atoms with Gasteiger partial charge in [-0.15, -0.1) is 0 Å². The molecule has 0 aliphatic rings. The summed E-state index contributed by atoms with van der Waals surface area (Å²) in [7, 11) is 0. The molecule has 7 heavy (non-hydrogen) atoms. The van der Waals surface area contributed by atoms with Crippen molar-refractivity contribution in [3.63, 3.8) is 0 Å². The molecule has 0 aromatic heterocycles. The first-order valence-corrected chi connectivity index (χ1v) is 1.83. The molecular formula is C5H13ClO. The Labute approximate surface area is 50.7 Å². The van der Waals surface area contributed by atoms with Crippen LogP contribution in [0.25, 0.3) is 0 Å². The normalized spacial score (nSPS) is 5.43. The van der Waals surface area contributed by atoms with Crippen LogP contribution < -0.4 is 0 Å². The topological polar surface area (TPSA) is 17.1 Å². The van der Waals surface area contributed by atoms with Gasteiger partial charge < -0.3 is 0 Å². The fourth-order valence-corrected chi connectivity index (χ4v) is 0. The quantitative estimate of drug-likeness (QED) is 0.491. The van der Waals surface area contributed by atoms with Gasteiger partial charge in [0.05, 0.1) is 0 Å². The average molecular weight is 125 g/mol. The molecule has 0 atom stereocenters. The number of hydrogen-bond donors (Lipinski definition) is 0. The van der Waals surface area contributed by atoms with Gasteiger partial charge in [0.25, 0.3) is 0 Å². The molecule has 0 aliphatic heterocycles. The first-order valence-electron chi connectivity index (χ1n) is 1.45. The predicted octanol–water partition coefficient (Wildman–Crippen LogP) is 2.43. The van der Waals surface area contributed by atoms with E-state index in [4.69, 9.17) is 11.6 Å². The van der Waals surface area contributed by atoms with Crippen LogP contribution in [0, 0.1) is 0 Å². The van der Waals surface area contributed by atoms with Gasteiger partial charge in [0.1, 0.15) is 0 Å². The molecular weight excluding hydrogens is 112 g/mol. The Morgan fingerprint density at radius 2 is 1.71 bits per heavy atom. The fraction of sp³-hybridized carbons (Fsp3) is 0.800. The second kappa shape index (κ2) is 9.35. The summed E-state index contributed by atoms with van der Waals surface area (Å²) < 4.78 is 0. The van der Waals surface area contributed by atoms with E-state index in [1.807, 2.05) is 0 Å². The molecule has 46 valence electrons. The molecule has 0 bridgehead atoms. The number of rotatable bonds is 1. The molecule has 0 unspecified atom stereocenters. The maximum atomic E-state index is 9.58. The maximum absolute atomic E-state index is 9.58. The molecule has 0 rings (SSSR count). The van der Waals surface area contributed by atoms with Gasteiger partial charge in [0, 0.05) is 6.42 Å². The van der Waals surface area contributed by atoms with E-state index < -0.39 is 0 Å². The molecule has 0 amide bonds. The largest absolute Gasteiger partial charge is 0.281 e. The van der Waals surface area contributed by atoms with E-state index in [1.54, 1.807) is 6.92 Å². The summed E-state index contributed by atoms with van der Waals surface area (Å²) in [4.78, 5) is 9.58. The zero-order valence-electron chi connectivity index (χ0n) is 2.99. The third-order valence-corrected chi connectivity index (χ3v) is 0.545. The van der Waals surface area contributed by atoms with Crippen LogP contribution in [0.15, 0.2) is 0 Å². The van der Waals surface area contributed by atoms with Gasteiger partial charge in [0.15, 0.2) is 0 Å². The minimum absolute atomic E-state index is 0. The minimum Gasteiger partial charge on any atom is -0.281 e. The zero-order chi connectivity index (χ0) is 4.28. The van der Waals surface area contributed by atoms with E-state index in [9.17, 15) is 4.79 Å². The van der Waals surface area contributed by atoms with E-state index in [-0.39, 0.29) is 20.1 Å². The van der Waals surface area contributed by atoms with Crippen LogP contribution in [0.4, 0.5) is 0 Å². The zero-order valence-corrected chi connectivity index (χ0v) is 3.75. The summed E-state index contributed by atoms with van der Waals surface area (Å²) in [6, 6.07) is 0. The molecule has 2 heteroatoms. The van der Waals surface area contributed by atoms with E-state index in [0.29, 0.717) is 6.42 Å². The number of carbonyl (C=O) groups is 1. The summed E-state index contributed by atoms with van der Waals surface area (Å²) >= 11 is 4.82. The molecule has 0 aliphatic carbocycles. The fourth-order valence-electron chi connectivity index (χ4n) is 0. The first-order chi connectivity index (χ1) is 2.27. The highest BCUT2D eigenvalue weighted by atomic mass is 35.5. The molecule has 0 heterocycles. The molecule has 0 spiro atoms. The van der Waals surface area contributed by atoms with Crippen LogP contribution in [0.3, 0.4) is 0 Å². The Balaban J connectivity index is -0.0000000800. The minimum atomic E-state index is -0.273. The Morgan fingerprint density at radius 1 is 1.57 bits per heavy atom. The van der Waals surface area contributed by atoms with Crippen LogP contribution in [0.1, 0.15) is 28.2 Å². The third kappa shape index (κ3) is 24.3. The SMILES string of the molecule is C.C.CCC(=O)Cl. The summed E-state index contributed by atoms with van der Waals surface area (Å²) in [6.45, 7) is 1.72. The van der Waals surface area contributed by atoms with E-state index in [1.165, 1.54) is 0 Å². The smallest absolute Gasteiger partial charge is 0.221 e. The van der Waals surface area contributed by atoms with Gasteiger partial charge in [-0.05, 0) is 11.6 Å². The van der Waals surface area contributed by atoms with Gasteiger partial charge in [0.2, 0.25) is 5.24 Å². The van der Waals surface area contributed by atoms with Crippen molar-refractivity contribution < 1.29 is 4.79 Å². The Kier molecular flexibility index (Phi) is 21.1. The van der Waals surface area contributed by atoms with E-state index in [0.717, 1.165) is 0 Å². The summed E-state index contributed by atoms with van der Waals surface area (Å²) in [5.41, 5.74) is 0. The highest BCUT2D eigenvalue weighted by Crippen LogP contribution is 1.81. The molecule has 1 nitrogen and oxygen atoms in total. The van der Waals surface area contributed by atoms with Gasteiger partial charge in [-0.3, -0.25) is 4.79 Å². The molecule has 0 saturated heterocycles. The number of halogens is 1.